The molecule has 0 atom stereocenters. The van der Waals surface area contributed by atoms with Gasteiger partial charge >= 0.3 is 0 Å². The molecule has 27 heavy (non-hydrogen) atoms. The number of nitrogens with zero attached hydrogens (tertiary/aromatic N) is 2. The van der Waals surface area contributed by atoms with E-state index in [9.17, 15) is 14.0 Å². The molecule has 0 radical (unpaired) electrons. The van der Waals surface area contributed by atoms with Crippen LogP contribution in [-0.4, -0.2) is 24.9 Å². The van der Waals surface area contributed by atoms with Crippen molar-refractivity contribution in [3.05, 3.63) is 65.5 Å². The van der Waals surface area contributed by atoms with Gasteiger partial charge in [0.2, 0.25) is 0 Å². The molecule has 0 unspecified atom stereocenters. The van der Waals surface area contributed by atoms with Crippen molar-refractivity contribution in [3.8, 4) is 0 Å². The number of nitrogens with one attached hydrogen (secondary N) is 1. The first-order valence-corrected chi connectivity index (χ1v) is 9.10. The van der Waals surface area contributed by atoms with Gasteiger partial charge in [0.1, 0.15) is 11.4 Å². The average Bonchev–Trinajstić information content (AvgIpc) is 2.99. The van der Waals surface area contributed by atoms with Gasteiger partial charge in [0.15, 0.2) is 0 Å². The maximum atomic E-state index is 14.6. The molecule has 6 heteroatoms. The molecule has 2 saturated heterocycles. The molecule has 0 saturated carbocycles. The molecule has 138 valence electrons. The van der Waals surface area contributed by atoms with Crippen LogP contribution >= 0.6 is 0 Å². The van der Waals surface area contributed by atoms with E-state index in [1.807, 2.05) is 12.1 Å². The summed E-state index contributed by atoms with van der Waals surface area (Å²) in [5.41, 5.74) is 4.06. The van der Waals surface area contributed by atoms with Crippen LogP contribution in [0.3, 0.4) is 0 Å². The fraction of sp³-hybridized carbons (Fsp3) is 0.238. The van der Waals surface area contributed by atoms with Crippen molar-refractivity contribution in [2.24, 2.45) is 0 Å². The summed E-state index contributed by atoms with van der Waals surface area (Å²) in [6.07, 6.45) is 4.74. The SMILES string of the molecule is O=C1NN(c2ccccc2)C(=O)C1=Cc1ccc(N2CCCCC2)cc1F. The normalized spacial score (nSPS) is 18.9. The molecule has 2 fully saturated rings. The number of carbonyl (C=O) groups is 2. The number of hydrazine groups is 1. The molecule has 1 N–H and O–H groups in total. The minimum absolute atomic E-state index is 0.0801. The van der Waals surface area contributed by atoms with Crippen LogP contribution in [0.2, 0.25) is 0 Å². The molecular formula is C21H20FN3O2. The summed E-state index contributed by atoms with van der Waals surface area (Å²) in [5.74, 6) is -1.47. The van der Waals surface area contributed by atoms with Crippen molar-refractivity contribution in [1.29, 1.82) is 0 Å². The van der Waals surface area contributed by atoms with Crippen molar-refractivity contribution in [1.82, 2.24) is 5.43 Å². The summed E-state index contributed by atoms with van der Waals surface area (Å²) in [7, 11) is 0. The molecule has 5 nitrogen and oxygen atoms in total. The number of rotatable bonds is 3. The van der Waals surface area contributed by atoms with Crippen LogP contribution in [0, 0.1) is 5.82 Å². The van der Waals surface area contributed by atoms with Crippen LogP contribution in [-0.2, 0) is 9.59 Å². The van der Waals surface area contributed by atoms with E-state index in [1.54, 1.807) is 30.3 Å². The summed E-state index contributed by atoms with van der Waals surface area (Å²) >= 11 is 0. The lowest BCUT2D eigenvalue weighted by Gasteiger charge is -2.28. The minimum Gasteiger partial charge on any atom is -0.371 e. The van der Waals surface area contributed by atoms with Crippen molar-refractivity contribution < 1.29 is 14.0 Å². The van der Waals surface area contributed by atoms with E-state index in [2.05, 4.69) is 10.3 Å². The Balaban J connectivity index is 1.59. The lowest BCUT2D eigenvalue weighted by molar-refractivity contribution is -0.117. The lowest BCUT2D eigenvalue weighted by Crippen LogP contribution is -2.35. The monoisotopic (exact) mass is 365 g/mol. The van der Waals surface area contributed by atoms with Crippen molar-refractivity contribution in [2.45, 2.75) is 19.3 Å². The molecule has 0 spiro atoms. The summed E-state index contributed by atoms with van der Waals surface area (Å²) in [5, 5.41) is 1.17. The third kappa shape index (κ3) is 3.43. The third-order valence-electron chi connectivity index (χ3n) is 4.91. The predicted molar refractivity (Wildman–Crippen MR) is 103 cm³/mol. The van der Waals surface area contributed by atoms with Crippen molar-refractivity contribution in [3.63, 3.8) is 0 Å². The van der Waals surface area contributed by atoms with Crippen LogP contribution in [0.25, 0.3) is 6.08 Å². The Labute approximate surface area is 157 Å². The van der Waals surface area contributed by atoms with Gasteiger partial charge in [-0.15, -0.1) is 0 Å². The number of anilines is 2. The first-order chi connectivity index (χ1) is 13.1. The van der Waals surface area contributed by atoms with Crippen LogP contribution in [0.4, 0.5) is 15.8 Å². The van der Waals surface area contributed by atoms with Gasteiger partial charge < -0.3 is 4.90 Å². The Morgan fingerprint density at radius 3 is 2.37 bits per heavy atom. The number of para-hydroxylation sites is 1. The van der Waals surface area contributed by atoms with E-state index >= 15 is 0 Å². The van der Waals surface area contributed by atoms with Crippen molar-refractivity contribution in [2.75, 3.05) is 23.0 Å². The van der Waals surface area contributed by atoms with Gasteiger partial charge in [0.25, 0.3) is 11.8 Å². The predicted octanol–water partition coefficient (Wildman–Crippen LogP) is 3.28. The lowest BCUT2D eigenvalue weighted by atomic mass is 10.1. The van der Waals surface area contributed by atoms with Crippen molar-refractivity contribution >= 4 is 29.3 Å². The summed E-state index contributed by atoms with van der Waals surface area (Å²) < 4.78 is 14.6. The summed E-state index contributed by atoms with van der Waals surface area (Å²) in [6, 6.07) is 13.7. The van der Waals surface area contributed by atoms with Crippen LogP contribution in [0.5, 0.6) is 0 Å². The minimum atomic E-state index is -0.539. The van der Waals surface area contributed by atoms with Gasteiger partial charge in [-0.3, -0.25) is 15.0 Å². The van der Waals surface area contributed by atoms with Crippen LogP contribution in [0.1, 0.15) is 24.8 Å². The highest BCUT2D eigenvalue weighted by Crippen LogP contribution is 2.25. The highest BCUT2D eigenvalue weighted by Gasteiger charge is 2.34. The topological polar surface area (TPSA) is 52.7 Å². The second-order valence-electron chi connectivity index (χ2n) is 6.73. The van der Waals surface area contributed by atoms with Crippen LogP contribution < -0.4 is 15.3 Å². The van der Waals surface area contributed by atoms with E-state index in [-0.39, 0.29) is 11.1 Å². The summed E-state index contributed by atoms with van der Waals surface area (Å²) in [6.45, 7) is 1.85. The molecular weight excluding hydrogens is 345 g/mol. The number of carbonyl (C=O) groups excluding carboxylic acids is 2. The molecule has 4 rings (SSSR count). The molecule has 2 aromatic rings. The summed E-state index contributed by atoms with van der Waals surface area (Å²) in [4.78, 5) is 27.0. The first-order valence-electron chi connectivity index (χ1n) is 9.10. The van der Waals surface area contributed by atoms with E-state index in [0.717, 1.165) is 31.6 Å². The van der Waals surface area contributed by atoms with Gasteiger partial charge in [-0.2, -0.15) is 0 Å². The smallest absolute Gasteiger partial charge is 0.282 e. The van der Waals surface area contributed by atoms with Gasteiger partial charge in [-0.1, -0.05) is 18.2 Å². The van der Waals surface area contributed by atoms with Gasteiger partial charge in [0.05, 0.1) is 5.69 Å². The number of halogens is 1. The Bertz CT molecular complexity index is 905. The van der Waals surface area contributed by atoms with E-state index in [1.165, 1.54) is 23.6 Å². The van der Waals surface area contributed by atoms with Gasteiger partial charge in [-0.25, -0.2) is 9.40 Å². The molecule has 0 bridgehead atoms. The maximum absolute atomic E-state index is 14.6. The highest BCUT2D eigenvalue weighted by atomic mass is 19.1. The molecule has 0 aromatic heterocycles. The molecule has 0 aliphatic carbocycles. The second kappa shape index (κ2) is 7.23. The number of amides is 2. The standard InChI is InChI=1S/C21H20FN3O2/c22-19-14-17(24-11-5-2-6-12-24)10-9-15(19)13-18-20(26)23-25(21(18)27)16-7-3-1-4-8-16/h1,3-4,7-10,13-14H,2,5-6,11-12H2,(H,23,26). The number of piperidine rings is 1. The number of hydrogen-bond donors (Lipinski definition) is 1. The van der Waals surface area contributed by atoms with E-state index < -0.39 is 17.6 Å². The fourth-order valence-electron chi connectivity index (χ4n) is 3.45. The maximum Gasteiger partial charge on any atom is 0.282 e. The largest absolute Gasteiger partial charge is 0.371 e. The third-order valence-corrected chi connectivity index (χ3v) is 4.91. The zero-order valence-corrected chi connectivity index (χ0v) is 14.8. The second-order valence-corrected chi connectivity index (χ2v) is 6.73. The highest BCUT2D eigenvalue weighted by molar-refractivity contribution is 6.31. The average molecular weight is 365 g/mol. The molecule has 2 aliphatic rings. The Kier molecular flexibility index (Phi) is 4.62. The quantitative estimate of drug-likeness (QED) is 0.671. The van der Waals surface area contributed by atoms with Crippen LogP contribution in [0.15, 0.2) is 54.1 Å². The molecule has 2 aromatic carbocycles. The zero-order valence-electron chi connectivity index (χ0n) is 14.8. The van der Waals surface area contributed by atoms with E-state index in [4.69, 9.17) is 0 Å². The number of benzene rings is 2. The Morgan fingerprint density at radius 1 is 0.926 bits per heavy atom. The van der Waals surface area contributed by atoms with Gasteiger partial charge in [0, 0.05) is 24.3 Å². The van der Waals surface area contributed by atoms with Gasteiger partial charge in [-0.05, 0) is 55.7 Å². The van der Waals surface area contributed by atoms with E-state index in [0.29, 0.717) is 5.69 Å². The molecule has 2 aliphatic heterocycles. The Morgan fingerprint density at radius 2 is 1.67 bits per heavy atom. The zero-order chi connectivity index (χ0) is 18.8. The number of hydrogen-bond acceptors (Lipinski definition) is 3. The molecule has 2 amide bonds. The Hall–Kier alpha value is -3.15. The first kappa shape index (κ1) is 17.3. The fourth-order valence-corrected chi connectivity index (χ4v) is 3.45. The molecule has 2 heterocycles.